The van der Waals surface area contributed by atoms with Crippen LogP contribution in [0.25, 0.3) is 10.9 Å². The van der Waals surface area contributed by atoms with Crippen molar-refractivity contribution in [2.75, 3.05) is 6.54 Å². The molecule has 5 heteroatoms. The van der Waals surface area contributed by atoms with Crippen LogP contribution in [0.5, 0.6) is 0 Å². The first-order chi connectivity index (χ1) is 9.47. The van der Waals surface area contributed by atoms with E-state index in [1.54, 1.807) is 6.07 Å². The third-order valence-electron chi connectivity index (χ3n) is 3.06. The lowest BCUT2D eigenvalue weighted by Crippen LogP contribution is -2.26. The van der Waals surface area contributed by atoms with Crippen molar-refractivity contribution in [2.24, 2.45) is 5.92 Å². The fraction of sp³-hybridized carbons (Fsp3) is 0.333. The number of carbonyl (C=O) groups excluding carboxylic acids is 1. The van der Waals surface area contributed by atoms with Gasteiger partial charge in [0.15, 0.2) is 0 Å². The molecule has 0 unspecified atom stereocenters. The third-order valence-corrected chi connectivity index (χ3v) is 3.55. The summed E-state index contributed by atoms with van der Waals surface area (Å²) in [5.41, 5.74) is 0.803. The Morgan fingerprint density at radius 3 is 2.80 bits per heavy atom. The van der Waals surface area contributed by atoms with Crippen molar-refractivity contribution in [3.63, 3.8) is 0 Å². The summed E-state index contributed by atoms with van der Waals surface area (Å²) in [6.07, 6.45) is 0.913. The minimum Gasteiger partial charge on any atom is -0.352 e. The monoisotopic (exact) mass is 336 g/mol. The molecule has 1 amide bonds. The van der Waals surface area contributed by atoms with Crippen LogP contribution in [0.4, 0.5) is 0 Å². The van der Waals surface area contributed by atoms with Gasteiger partial charge in [-0.2, -0.15) is 0 Å². The second-order valence-corrected chi connectivity index (χ2v) is 6.09. The standard InChI is InChI=1S/C15H17BrN2O2/c1-9(2)5-6-17-15(20)12-8-14(19)18-13-4-3-10(16)7-11(12)13/h3-4,7-9H,5-6H2,1-2H3,(H,17,20)(H,18,19). The maximum atomic E-state index is 12.2. The van der Waals surface area contributed by atoms with Crippen LogP contribution in [0.15, 0.2) is 33.5 Å². The molecule has 0 saturated heterocycles. The van der Waals surface area contributed by atoms with Gasteiger partial charge < -0.3 is 10.3 Å². The molecule has 0 fully saturated rings. The van der Waals surface area contributed by atoms with Gasteiger partial charge in [0.1, 0.15) is 0 Å². The van der Waals surface area contributed by atoms with Crippen molar-refractivity contribution >= 4 is 32.7 Å². The number of amides is 1. The predicted octanol–water partition coefficient (Wildman–Crippen LogP) is 3.07. The van der Waals surface area contributed by atoms with E-state index in [0.29, 0.717) is 23.5 Å². The number of halogens is 1. The SMILES string of the molecule is CC(C)CCNC(=O)c1cc(=O)[nH]c2ccc(Br)cc12. The van der Waals surface area contributed by atoms with Gasteiger partial charge in [0.25, 0.3) is 5.91 Å². The molecule has 0 atom stereocenters. The lowest BCUT2D eigenvalue weighted by molar-refractivity contribution is 0.0953. The van der Waals surface area contributed by atoms with Crippen molar-refractivity contribution in [1.29, 1.82) is 0 Å². The molecule has 2 rings (SSSR count). The number of aromatic nitrogens is 1. The van der Waals surface area contributed by atoms with Crippen LogP contribution < -0.4 is 10.9 Å². The number of H-pyrrole nitrogens is 1. The first-order valence-corrected chi connectivity index (χ1v) is 7.37. The van der Waals surface area contributed by atoms with Crippen molar-refractivity contribution in [3.8, 4) is 0 Å². The topological polar surface area (TPSA) is 62.0 Å². The highest BCUT2D eigenvalue weighted by Crippen LogP contribution is 2.20. The second kappa shape index (κ2) is 6.22. The van der Waals surface area contributed by atoms with Gasteiger partial charge in [-0.15, -0.1) is 0 Å². The summed E-state index contributed by atoms with van der Waals surface area (Å²) in [5, 5.41) is 3.60. The first-order valence-electron chi connectivity index (χ1n) is 6.58. The summed E-state index contributed by atoms with van der Waals surface area (Å²) < 4.78 is 0.869. The summed E-state index contributed by atoms with van der Waals surface area (Å²) in [6, 6.07) is 6.80. The summed E-state index contributed by atoms with van der Waals surface area (Å²) in [5.74, 6) is 0.320. The number of carbonyl (C=O) groups is 1. The van der Waals surface area contributed by atoms with Gasteiger partial charge in [-0.1, -0.05) is 29.8 Å². The Bertz CT molecular complexity index is 692. The average molecular weight is 337 g/mol. The molecule has 1 aromatic carbocycles. The number of rotatable bonds is 4. The summed E-state index contributed by atoms with van der Waals surface area (Å²) in [7, 11) is 0. The molecule has 2 aromatic rings. The van der Waals surface area contributed by atoms with Gasteiger partial charge in [0, 0.05) is 28.0 Å². The number of hydrogen-bond donors (Lipinski definition) is 2. The van der Waals surface area contributed by atoms with Crippen LogP contribution >= 0.6 is 15.9 Å². The molecular weight excluding hydrogens is 320 g/mol. The number of benzene rings is 1. The van der Waals surface area contributed by atoms with Gasteiger partial charge in [0.2, 0.25) is 5.56 Å². The average Bonchev–Trinajstić information content (AvgIpc) is 2.37. The maximum Gasteiger partial charge on any atom is 0.252 e. The number of pyridine rings is 1. The molecule has 0 radical (unpaired) electrons. The largest absolute Gasteiger partial charge is 0.352 e. The molecule has 4 nitrogen and oxygen atoms in total. The van der Waals surface area contributed by atoms with Gasteiger partial charge >= 0.3 is 0 Å². The van der Waals surface area contributed by atoms with Crippen LogP contribution in [0.1, 0.15) is 30.6 Å². The van der Waals surface area contributed by atoms with E-state index in [1.807, 2.05) is 12.1 Å². The molecule has 0 spiro atoms. The molecule has 0 aliphatic heterocycles. The highest BCUT2D eigenvalue weighted by Gasteiger charge is 2.12. The van der Waals surface area contributed by atoms with E-state index in [0.717, 1.165) is 16.3 Å². The third kappa shape index (κ3) is 3.48. The Morgan fingerprint density at radius 2 is 2.10 bits per heavy atom. The van der Waals surface area contributed by atoms with E-state index in [1.165, 1.54) is 6.07 Å². The minimum atomic E-state index is -0.270. The van der Waals surface area contributed by atoms with Crippen molar-refractivity contribution in [2.45, 2.75) is 20.3 Å². The summed E-state index contributed by atoms with van der Waals surface area (Å²) in [4.78, 5) is 26.6. The molecule has 106 valence electrons. The summed E-state index contributed by atoms with van der Waals surface area (Å²) in [6.45, 7) is 4.82. The van der Waals surface area contributed by atoms with Gasteiger partial charge in [-0.25, -0.2) is 0 Å². The number of aromatic amines is 1. The zero-order chi connectivity index (χ0) is 14.7. The molecule has 1 heterocycles. The predicted molar refractivity (Wildman–Crippen MR) is 84.1 cm³/mol. The molecule has 20 heavy (non-hydrogen) atoms. The van der Waals surface area contributed by atoms with Crippen LogP contribution in [-0.4, -0.2) is 17.4 Å². The molecule has 1 aromatic heterocycles. The quantitative estimate of drug-likeness (QED) is 0.901. The van der Waals surface area contributed by atoms with Crippen molar-refractivity contribution in [1.82, 2.24) is 10.3 Å². The zero-order valence-corrected chi connectivity index (χ0v) is 13.1. The van der Waals surface area contributed by atoms with E-state index >= 15 is 0 Å². The smallest absolute Gasteiger partial charge is 0.252 e. The van der Waals surface area contributed by atoms with Gasteiger partial charge in [-0.05, 0) is 30.5 Å². The van der Waals surface area contributed by atoms with Crippen molar-refractivity contribution < 1.29 is 4.79 Å². The van der Waals surface area contributed by atoms with Crippen molar-refractivity contribution in [3.05, 3.63) is 44.7 Å². The molecule has 0 saturated carbocycles. The maximum absolute atomic E-state index is 12.2. The van der Waals surface area contributed by atoms with E-state index in [4.69, 9.17) is 0 Å². The highest BCUT2D eigenvalue weighted by atomic mass is 79.9. The molecular formula is C15H17BrN2O2. The minimum absolute atomic E-state index is 0.208. The highest BCUT2D eigenvalue weighted by molar-refractivity contribution is 9.10. The van der Waals surface area contributed by atoms with Crippen LogP contribution in [-0.2, 0) is 0 Å². The first kappa shape index (κ1) is 14.8. The lowest BCUT2D eigenvalue weighted by Gasteiger charge is -2.09. The summed E-state index contributed by atoms with van der Waals surface area (Å²) >= 11 is 3.38. The van der Waals surface area contributed by atoms with Gasteiger partial charge in [-0.3, -0.25) is 9.59 Å². The zero-order valence-electron chi connectivity index (χ0n) is 11.5. The Labute approximate surface area is 125 Å². The Kier molecular flexibility index (Phi) is 4.60. The Hall–Kier alpha value is -1.62. The van der Waals surface area contributed by atoms with Crippen LogP contribution in [0.2, 0.25) is 0 Å². The normalized spacial score (nSPS) is 11.0. The second-order valence-electron chi connectivity index (χ2n) is 5.18. The Morgan fingerprint density at radius 1 is 1.35 bits per heavy atom. The molecule has 0 bridgehead atoms. The fourth-order valence-corrected chi connectivity index (χ4v) is 2.34. The molecule has 0 aliphatic rings. The molecule has 0 aliphatic carbocycles. The van der Waals surface area contributed by atoms with Crippen LogP contribution in [0, 0.1) is 5.92 Å². The number of hydrogen-bond acceptors (Lipinski definition) is 2. The molecule has 2 N–H and O–H groups in total. The fourth-order valence-electron chi connectivity index (χ4n) is 1.98. The van der Waals surface area contributed by atoms with E-state index in [-0.39, 0.29) is 11.5 Å². The van der Waals surface area contributed by atoms with E-state index in [9.17, 15) is 9.59 Å². The lowest BCUT2D eigenvalue weighted by atomic mass is 10.1. The number of fused-ring (bicyclic) bond motifs is 1. The van der Waals surface area contributed by atoms with Crippen LogP contribution in [0.3, 0.4) is 0 Å². The van der Waals surface area contributed by atoms with E-state index in [2.05, 4.69) is 40.1 Å². The van der Waals surface area contributed by atoms with Gasteiger partial charge in [0.05, 0.1) is 5.56 Å². The Balaban J connectivity index is 2.35. The van der Waals surface area contributed by atoms with E-state index < -0.39 is 0 Å². The number of nitrogens with one attached hydrogen (secondary N) is 2.